The lowest BCUT2D eigenvalue weighted by atomic mass is 10.1. The molecule has 112 valence electrons. The van der Waals surface area contributed by atoms with Gasteiger partial charge in [-0.3, -0.25) is 9.59 Å². The second-order valence-corrected chi connectivity index (χ2v) is 4.85. The Morgan fingerprint density at radius 1 is 1.33 bits per heavy atom. The van der Waals surface area contributed by atoms with E-state index in [1.165, 1.54) is 4.90 Å². The highest BCUT2D eigenvalue weighted by molar-refractivity contribution is 5.99. The number of primary amides is 1. The van der Waals surface area contributed by atoms with E-state index in [0.717, 1.165) is 0 Å². The molecule has 21 heavy (non-hydrogen) atoms. The lowest BCUT2D eigenvalue weighted by molar-refractivity contribution is -0.147. The molecule has 1 saturated heterocycles. The van der Waals surface area contributed by atoms with Gasteiger partial charge in [0.05, 0.1) is 12.1 Å². The first-order valence-electron chi connectivity index (χ1n) is 6.65. The van der Waals surface area contributed by atoms with Gasteiger partial charge in [0.1, 0.15) is 6.04 Å². The van der Waals surface area contributed by atoms with Crippen LogP contribution in [0.2, 0.25) is 0 Å². The number of hydrogen-bond acceptors (Lipinski definition) is 4. The van der Waals surface area contributed by atoms with Crippen molar-refractivity contribution in [2.24, 2.45) is 5.73 Å². The summed E-state index contributed by atoms with van der Waals surface area (Å²) in [6.07, 6.45) is 1.15. The van der Waals surface area contributed by atoms with Crippen LogP contribution in [0.3, 0.4) is 0 Å². The van der Waals surface area contributed by atoms with Crippen molar-refractivity contribution in [3.63, 3.8) is 0 Å². The van der Waals surface area contributed by atoms with Crippen LogP contribution < -0.4 is 11.1 Å². The molecule has 1 unspecified atom stereocenters. The maximum Gasteiger partial charge on any atom is 0.326 e. The Kier molecular flexibility index (Phi) is 4.42. The molecule has 1 fully saturated rings. The molecule has 1 aromatic carbocycles. The Morgan fingerprint density at radius 3 is 2.71 bits per heavy atom. The average Bonchev–Trinajstić information content (AvgIpc) is 2.94. The number of benzene rings is 1. The number of nitrogens with two attached hydrogens (primary N) is 1. The summed E-state index contributed by atoms with van der Waals surface area (Å²) in [5.74, 6) is -1.88. The number of rotatable bonds is 5. The predicted octanol–water partition coefficient (Wildman–Crippen LogP) is 0.273. The molecule has 4 N–H and O–H groups in total. The third kappa shape index (κ3) is 3.31. The number of para-hydroxylation sites is 1. The zero-order valence-electron chi connectivity index (χ0n) is 11.4. The zero-order chi connectivity index (χ0) is 15.4. The fraction of sp³-hybridized carbons (Fsp3) is 0.357. The van der Waals surface area contributed by atoms with Gasteiger partial charge < -0.3 is 21.1 Å². The summed E-state index contributed by atoms with van der Waals surface area (Å²) in [7, 11) is 0. The monoisotopic (exact) mass is 291 g/mol. The first kappa shape index (κ1) is 14.8. The Morgan fingerprint density at radius 2 is 2.05 bits per heavy atom. The number of amides is 2. The predicted molar refractivity (Wildman–Crippen MR) is 75.8 cm³/mol. The van der Waals surface area contributed by atoms with Crippen LogP contribution in [-0.4, -0.2) is 46.9 Å². The molecule has 0 aliphatic carbocycles. The molecular weight excluding hydrogens is 274 g/mol. The molecular formula is C14H17N3O4. The van der Waals surface area contributed by atoms with Gasteiger partial charge in [0, 0.05) is 12.2 Å². The summed E-state index contributed by atoms with van der Waals surface area (Å²) >= 11 is 0. The van der Waals surface area contributed by atoms with Gasteiger partial charge in [-0.15, -0.1) is 0 Å². The van der Waals surface area contributed by atoms with E-state index in [0.29, 0.717) is 30.6 Å². The second-order valence-electron chi connectivity index (χ2n) is 4.85. The minimum absolute atomic E-state index is 0.0753. The molecule has 0 bridgehead atoms. The van der Waals surface area contributed by atoms with E-state index in [4.69, 9.17) is 10.8 Å². The van der Waals surface area contributed by atoms with Gasteiger partial charge in [-0.25, -0.2) is 4.79 Å². The van der Waals surface area contributed by atoms with Gasteiger partial charge in [0.15, 0.2) is 0 Å². The zero-order valence-corrected chi connectivity index (χ0v) is 11.4. The van der Waals surface area contributed by atoms with Crippen LogP contribution in [0.1, 0.15) is 23.2 Å². The van der Waals surface area contributed by atoms with E-state index in [9.17, 15) is 14.4 Å². The van der Waals surface area contributed by atoms with Gasteiger partial charge in [-0.1, -0.05) is 12.1 Å². The third-order valence-electron chi connectivity index (χ3n) is 3.48. The minimum atomic E-state index is -0.988. The van der Waals surface area contributed by atoms with Gasteiger partial charge in [-0.2, -0.15) is 0 Å². The summed E-state index contributed by atoms with van der Waals surface area (Å²) in [6.45, 7) is 0.364. The number of carboxylic acids is 1. The second kappa shape index (κ2) is 6.25. The largest absolute Gasteiger partial charge is 0.480 e. The number of carbonyl (C=O) groups is 3. The molecule has 0 aromatic heterocycles. The van der Waals surface area contributed by atoms with Crippen LogP contribution in [-0.2, 0) is 9.59 Å². The van der Waals surface area contributed by atoms with Crippen molar-refractivity contribution in [1.29, 1.82) is 0 Å². The maximum absolute atomic E-state index is 12.1. The standard InChI is InChI=1S/C14H17N3O4/c15-13(19)9-4-1-2-5-10(9)16-8-12(18)17-7-3-6-11(17)14(20)21/h1-2,4-5,11,16H,3,6-8H2,(H2,15,19)(H,20,21). The van der Waals surface area contributed by atoms with Crippen LogP contribution >= 0.6 is 0 Å². The summed E-state index contributed by atoms with van der Waals surface area (Å²) in [4.78, 5) is 35.8. The molecule has 1 heterocycles. The van der Waals surface area contributed by atoms with Crippen LogP contribution in [0.5, 0.6) is 0 Å². The Balaban J connectivity index is 2.02. The maximum atomic E-state index is 12.1. The van der Waals surface area contributed by atoms with Crippen LogP contribution in [0.4, 0.5) is 5.69 Å². The quantitative estimate of drug-likeness (QED) is 0.721. The Bertz CT molecular complexity index is 573. The van der Waals surface area contributed by atoms with Crippen molar-refractivity contribution >= 4 is 23.5 Å². The summed E-state index contributed by atoms with van der Waals surface area (Å²) in [5.41, 5.74) is 6.01. The van der Waals surface area contributed by atoms with Crippen molar-refractivity contribution in [3.05, 3.63) is 29.8 Å². The van der Waals surface area contributed by atoms with Crippen molar-refractivity contribution in [3.8, 4) is 0 Å². The van der Waals surface area contributed by atoms with E-state index < -0.39 is 17.9 Å². The highest BCUT2D eigenvalue weighted by Crippen LogP contribution is 2.18. The molecule has 7 nitrogen and oxygen atoms in total. The van der Waals surface area contributed by atoms with E-state index >= 15 is 0 Å². The Labute approximate surface area is 121 Å². The average molecular weight is 291 g/mol. The number of aliphatic carboxylic acids is 1. The van der Waals surface area contributed by atoms with Crippen molar-refractivity contribution in [1.82, 2.24) is 4.90 Å². The first-order chi connectivity index (χ1) is 10.0. The summed E-state index contributed by atoms with van der Waals surface area (Å²) in [5, 5.41) is 11.9. The van der Waals surface area contributed by atoms with Gasteiger partial charge in [-0.05, 0) is 25.0 Å². The SMILES string of the molecule is NC(=O)c1ccccc1NCC(=O)N1CCCC1C(=O)O. The van der Waals surface area contributed by atoms with Gasteiger partial charge >= 0.3 is 5.97 Å². The van der Waals surface area contributed by atoms with E-state index in [1.807, 2.05) is 0 Å². The molecule has 0 radical (unpaired) electrons. The summed E-state index contributed by atoms with van der Waals surface area (Å²) < 4.78 is 0. The molecule has 0 saturated carbocycles. The molecule has 1 aromatic rings. The molecule has 1 aliphatic rings. The van der Waals surface area contributed by atoms with Crippen molar-refractivity contribution < 1.29 is 19.5 Å². The number of nitrogens with zero attached hydrogens (tertiary/aromatic N) is 1. The molecule has 7 heteroatoms. The molecule has 1 atom stereocenters. The topological polar surface area (TPSA) is 113 Å². The lowest BCUT2D eigenvalue weighted by Crippen LogP contribution is -2.43. The van der Waals surface area contributed by atoms with Gasteiger partial charge in [0.25, 0.3) is 5.91 Å². The molecule has 0 spiro atoms. The normalized spacial score (nSPS) is 17.5. The Hall–Kier alpha value is -2.57. The van der Waals surface area contributed by atoms with E-state index in [2.05, 4.69) is 5.32 Å². The number of nitrogens with one attached hydrogen (secondary N) is 1. The van der Waals surface area contributed by atoms with Crippen LogP contribution in [0.25, 0.3) is 0 Å². The van der Waals surface area contributed by atoms with Crippen LogP contribution in [0.15, 0.2) is 24.3 Å². The number of anilines is 1. The number of carboxylic acid groups (broad SMARTS) is 1. The smallest absolute Gasteiger partial charge is 0.326 e. The van der Waals surface area contributed by atoms with Crippen molar-refractivity contribution in [2.75, 3.05) is 18.4 Å². The van der Waals surface area contributed by atoms with Gasteiger partial charge in [0.2, 0.25) is 5.91 Å². The first-order valence-corrected chi connectivity index (χ1v) is 6.65. The lowest BCUT2D eigenvalue weighted by Gasteiger charge is -2.22. The number of hydrogen-bond donors (Lipinski definition) is 3. The molecule has 1 aliphatic heterocycles. The molecule has 2 rings (SSSR count). The highest BCUT2D eigenvalue weighted by atomic mass is 16.4. The fourth-order valence-electron chi connectivity index (χ4n) is 2.45. The molecule has 2 amide bonds. The van der Waals surface area contributed by atoms with Crippen LogP contribution in [0, 0.1) is 0 Å². The van der Waals surface area contributed by atoms with Crippen molar-refractivity contribution in [2.45, 2.75) is 18.9 Å². The number of carbonyl (C=O) groups excluding carboxylic acids is 2. The minimum Gasteiger partial charge on any atom is -0.480 e. The highest BCUT2D eigenvalue weighted by Gasteiger charge is 2.33. The summed E-state index contributed by atoms with van der Waals surface area (Å²) in [6, 6.07) is 5.84. The van der Waals surface area contributed by atoms with E-state index in [-0.39, 0.29) is 12.5 Å². The third-order valence-corrected chi connectivity index (χ3v) is 3.48. The van der Waals surface area contributed by atoms with E-state index in [1.54, 1.807) is 24.3 Å². The number of likely N-dealkylation sites (tertiary alicyclic amines) is 1. The fourth-order valence-corrected chi connectivity index (χ4v) is 2.45.